The van der Waals surface area contributed by atoms with Crippen molar-refractivity contribution in [2.45, 2.75) is 39.5 Å². The van der Waals surface area contributed by atoms with Crippen molar-refractivity contribution in [1.82, 2.24) is 5.32 Å². The molecule has 0 aliphatic carbocycles. The van der Waals surface area contributed by atoms with Crippen LogP contribution in [0.4, 0.5) is 0 Å². The zero-order chi connectivity index (χ0) is 20.4. The van der Waals surface area contributed by atoms with Crippen LogP contribution in [-0.2, 0) is 24.3 Å². The molecule has 0 fully saturated rings. The van der Waals surface area contributed by atoms with Crippen LogP contribution >= 0.6 is 0 Å². The lowest BCUT2D eigenvalue weighted by Gasteiger charge is -2.13. The van der Waals surface area contributed by atoms with Crippen LogP contribution in [0.25, 0.3) is 11.0 Å². The van der Waals surface area contributed by atoms with Crippen LogP contribution in [0.5, 0.6) is 11.5 Å². The molecule has 1 aromatic heterocycles. The number of fused-ring (bicyclic) bond motifs is 2. The first-order valence-electron chi connectivity index (χ1n) is 9.83. The number of para-hydroxylation sites is 1. The minimum Gasteiger partial charge on any atom is -0.494 e. The van der Waals surface area contributed by atoms with Crippen LogP contribution in [0, 0.1) is 0 Å². The van der Waals surface area contributed by atoms with Crippen molar-refractivity contribution in [3.8, 4) is 11.5 Å². The molecule has 2 aromatic carbocycles. The third-order valence-corrected chi connectivity index (χ3v) is 5.01. The van der Waals surface area contributed by atoms with Gasteiger partial charge in [0.15, 0.2) is 5.76 Å². The molecule has 0 spiro atoms. The molecule has 29 heavy (non-hydrogen) atoms. The first kappa shape index (κ1) is 19.3. The van der Waals surface area contributed by atoms with Gasteiger partial charge in [-0.05, 0) is 32.0 Å². The van der Waals surface area contributed by atoms with Crippen LogP contribution < -0.4 is 14.8 Å². The van der Waals surface area contributed by atoms with Crippen molar-refractivity contribution in [1.29, 1.82) is 0 Å². The van der Waals surface area contributed by atoms with E-state index in [2.05, 4.69) is 5.32 Å². The number of benzene rings is 2. The maximum absolute atomic E-state index is 12.9. The summed E-state index contributed by atoms with van der Waals surface area (Å²) in [6.45, 7) is 5.15. The number of ether oxygens (including phenoxy) is 3. The van der Waals surface area contributed by atoms with Crippen LogP contribution in [0.1, 0.15) is 41.1 Å². The van der Waals surface area contributed by atoms with Gasteiger partial charge in [0.1, 0.15) is 23.2 Å². The third kappa shape index (κ3) is 3.80. The van der Waals surface area contributed by atoms with Gasteiger partial charge in [-0.1, -0.05) is 18.2 Å². The predicted octanol–water partition coefficient (Wildman–Crippen LogP) is 4.23. The van der Waals surface area contributed by atoms with E-state index in [1.54, 1.807) is 7.11 Å². The van der Waals surface area contributed by atoms with Gasteiger partial charge in [-0.25, -0.2) is 0 Å². The molecule has 6 heteroatoms. The van der Waals surface area contributed by atoms with E-state index in [0.717, 1.165) is 40.0 Å². The van der Waals surface area contributed by atoms with Crippen molar-refractivity contribution in [3.63, 3.8) is 0 Å². The molecule has 4 rings (SSSR count). The second-order valence-corrected chi connectivity index (χ2v) is 7.15. The standard InChI is InChI=1S/C23H25NO5/c1-4-27-20-10-15-9-14(2)28-21(15)11-16(20)12-24-23(25)22-18(13-26-3)17-7-5-6-8-19(17)29-22/h5-8,10-11,14H,4,9,12-13H2,1-3H3,(H,24,25)/t14-/m1/s1. The van der Waals surface area contributed by atoms with Crippen molar-refractivity contribution in [2.24, 2.45) is 0 Å². The molecule has 1 aliphatic heterocycles. The van der Waals surface area contributed by atoms with Crippen LogP contribution in [0.15, 0.2) is 40.8 Å². The highest BCUT2D eigenvalue weighted by Crippen LogP contribution is 2.35. The summed E-state index contributed by atoms with van der Waals surface area (Å²) in [4.78, 5) is 12.9. The van der Waals surface area contributed by atoms with Crippen LogP contribution in [0.2, 0.25) is 0 Å². The Hall–Kier alpha value is -2.99. The molecular formula is C23H25NO5. The van der Waals surface area contributed by atoms with E-state index in [4.69, 9.17) is 18.6 Å². The molecule has 1 amide bonds. The highest BCUT2D eigenvalue weighted by Gasteiger charge is 2.23. The molecule has 1 N–H and O–H groups in total. The van der Waals surface area contributed by atoms with Gasteiger partial charge in [-0.2, -0.15) is 0 Å². The van der Waals surface area contributed by atoms with Gasteiger partial charge >= 0.3 is 0 Å². The van der Waals surface area contributed by atoms with Crippen molar-refractivity contribution < 1.29 is 23.4 Å². The second-order valence-electron chi connectivity index (χ2n) is 7.15. The molecule has 1 aliphatic rings. The third-order valence-electron chi connectivity index (χ3n) is 5.01. The molecule has 0 radical (unpaired) electrons. The summed E-state index contributed by atoms with van der Waals surface area (Å²) in [6.07, 6.45) is 1.01. The number of hydrogen-bond donors (Lipinski definition) is 1. The first-order chi connectivity index (χ1) is 14.1. The summed E-state index contributed by atoms with van der Waals surface area (Å²) < 4.78 is 22.8. The van der Waals surface area contributed by atoms with E-state index in [0.29, 0.717) is 25.3 Å². The maximum Gasteiger partial charge on any atom is 0.287 e. The fraction of sp³-hybridized carbons (Fsp3) is 0.348. The van der Waals surface area contributed by atoms with Gasteiger partial charge in [-0.15, -0.1) is 0 Å². The lowest BCUT2D eigenvalue weighted by molar-refractivity contribution is 0.0918. The SMILES string of the molecule is CCOc1cc2c(cc1CNC(=O)c1oc3ccccc3c1COC)O[C@H](C)C2. The van der Waals surface area contributed by atoms with Gasteiger partial charge in [0, 0.05) is 42.2 Å². The lowest BCUT2D eigenvalue weighted by Crippen LogP contribution is -2.24. The Bertz CT molecular complexity index is 1040. The molecular weight excluding hydrogens is 370 g/mol. The number of nitrogens with one attached hydrogen (secondary N) is 1. The topological polar surface area (TPSA) is 69.9 Å². The second kappa shape index (κ2) is 8.17. The predicted molar refractivity (Wildman–Crippen MR) is 110 cm³/mol. The largest absolute Gasteiger partial charge is 0.494 e. The lowest BCUT2D eigenvalue weighted by atomic mass is 10.1. The minimum absolute atomic E-state index is 0.150. The zero-order valence-corrected chi connectivity index (χ0v) is 16.9. The average Bonchev–Trinajstić information content (AvgIpc) is 3.26. The molecule has 0 bridgehead atoms. The van der Waals surface area contributed by atoms with E-state index >= 15 is 0 Å². The highest BCUT2D eigenvalue weighted by atomic mass is 16.5. The van der Waals surface area contributed by atoms with Crippen LogP contribution in [-0.4, -0.2) is 25.7 Å². The maximum atomic E-state index is 12.9. The Morgan fingerprint density at radius 2 is 2.10 bits per heavy atom. The number of rotatable bonds is 7. The molecule has 6 nitrogen and oxygen atoms in total. The van der Waals surface area contributed by atoms with E-state index in [1.807, 2.05) is 50.2 Å². The van der Waals surface area contributed by atoms with Crippen molar-refractivity contribution in [2.75, 3.05) is 13.7 Å². The smallest absolute Gasteiger partial charge is 0.287 e. The molecule has 152 valence electrons. The summed E-state index contributed by atoms with van der Waals surface area (Å²) in [7, 11) is 1.60. The molecule has 0 saturated carbocycles. The summed E-state index contributed by atoms with van der Waals surface area (Å²) in [5.74, 6) is 1.61. The fourth-order valence-electron chi connectivity index (χ4n) is 3.74. The monoisotopic (exact) mass is 395 g/mol. The Labute approximate surface area is 169 Å². The average molecular weight is 395 g/mol. The fourth-order valence-corrected chi connectivity index (χ4v) is 3.74. The highest BCUT2D eigenvalue weighted by molar-refractivity contribution is 5.99. The number of hydrogen-bond acceptors (Lipinski definition) is 5. The van der Waals surface area contributed by atoms with E-state index in [1.165, 1.54) is 0 Å². The Morgan fingerprint density at radius 1 is 1.28 bits per heavy atom. The Balaban J connectivity index is 1.58. The van der Waals surface area contributed by atoms with Crippen LogP contribution in [0.3, 0.4) is 0 Å². The quantitative estimate of drug-likeness (QED) is 0.648. The number of methoxy groups -OCH3 is 1. The van der Waals surface area contributed by atoms with E-state index < -0.39 is 0 Å². The summed E-state index contributed by atoms with van der Waals surface area (Å²) in [5.41, 5.74) is 3.42. The van der Waals surface area contributed by atoms with Crippen molar-refractivity contribution >= 4 is 16.9 Å². The molecule has 0 unspecified atom stereocenters. The molecule has 1 atom stereocenters. The Morgan fingerprint density at radius 3 is 2.90 bits per heavy atom. The minimum atomic E-state index is -0.287. The molecule has 3 aromatic rings. The summed E-state index contributed by atoms with van der Waals surface area (Å²) >= 11 is 0. The van der Waals surface area contributed by atoms with Crippen molar-refractivity contribution in [3.05, 3.63) is 58.8 Å². The zero-order valence-electron chi connectivity index (χ0n) is 16.9. The normalized spacial score (nSPS) is 15.2. The van der Waals surface area contributed by atoms with E-state index in [-0.39, 0.29) is 17.8 Å². The number of amides is 1. The number of carbonyl (C=O) groups is 1. The van der Waals surface area contributed by atoms with Gasteiger partial charge < -0.3 is 23.9 Å². The van der Waals surface area contributed by atoms with Gasteiger partial charge in [0.25, 0.3) is 5.91 Å². The number of furan rings is 1. The number of carbonyl (C=O) groups excluding carboxylic acids is 1. The van der Waals surface area contributed by atoms with E-state index in [9.17, 15) is 4.79 Å². The molecule has 2 heterocycles. The van der Waals surface area contributed by atoms with Gasteiger partial charge in [0.05, 0.1) is 13.2 Å². The molecule has 0 saturated heterocycles. The van der Waals surface area contributed by atoms with Gasteiger partial charge in [0.2, 0.25) is 0 Å². The first-order valence-corrected chi connectivity index (χ1v) is 9.83. The van der Waals surface area contributed by atoms with Gasteiger partial charge in [-0.3, -0.25) is 4.79 Å². The summed E-state index contributed by atoms with van der Waals surface area (Å²) in [6, 6.07) is 11.5. The summed E-state index contributed by atoms with van der Waals surface area (Å²) in [5, 5.41) is 3.84. The Kier molecular flexibility index (Phi) is 5.45.